The van der Waals surface area contributed by atoms with E-state index in [1.165, 1.54) is 24.4 Å². The molecule has 2 rings (SSSR count). The largest absolute Gasteiger partial charge is 0.386 e. The number of carbonyl (C=O) groups is 1. The highest BCUT2D eigenvalue weighted by Gasteiger charge is 2.14. The molecule has 6 heteroatoms. The zero-order valence-electron chi connectivity index (χ0n) is 10.4. The molecule has 20 heavy (non-hydrogen) atoms. The van der Waals surface area contributed by atoms with E-state index >= 15 is 0 Å². The topological polar surface area (TPSA) is 62.2 Å². The molecule has 2 N–H and O–H groups in total. The van der Waals surface area contributed by atoms with E-state index < -0.39 is 23.6 Å². The highest BCUT2D eigenvalue weighted by atomic mass is 19.1. The van der Waals surface area contributed by atoms with Crippen LogP contribution in [0.25, 0.3) is 0 Å². The van der Waals surface area contributed by atoms with E-state index in [9.17, 15) is 18.7 Å². The van der Waals surface area contributed by atoms with E-state index in [-0.39, 0.29) is 17.7 Å². The number of pyridine rings is 1. The van der Waals surface area contributed by atoms with Crippen LogP contribution >= 0.6 is 0 Å². The lowest BCUT2D eigenvalue weighted by Crippen LogP contribution is -2.28. The second-order valence-corrected chi connectivity index (χ2v) is 4.14. The predicted octanol–water partition coefficient (Wildman–Crippen LogP) is 1.82. The van der Waals surface area contributed by atoms with Crippen LogP contribution in [0.2, 0.25) is 0 Å². The molecule has 0 aliphatic rings. The zero-order valence-corrected chi connectivity index (χ0v) is 10.4. The summed E-state index contributed by atoms with van der Waals surface area (Å²) < 4.78 is 26.3. The van der Waals surface area contributed by atoms with Gasteiger partial charge >= 0.3 is 0 Å². The smallest absolute Gasteiger partial charge is 0.253 e. The van der Waals surface area contributed by atoms with Gasteiger partial charge in [-0.05, 0) is 12.1 Å². The Bertz CT molecular complexity index is 620. The van der Waals surface area contributed by atoms with Gasteiger partial charge in [-0.25, -0.2) is 8.78 Å². The van der Waals surface area contributed by atoms with Gasteiger partial charge in [0, 0.05) is 18.3 Å². The minimum Gasteiger partial charge on any atom is -0.386 e. The average Bonchev–Trinajstić information content (AvgIpc) is 2.45. The molecule has 1 atom stereocenters. The first-order valence-electron chi connectivity index (χ1n) is 5.89. The van der Waals surface area contributed by atoms with Gasteiger partial charge in [0.2, 0.25) is 0 Å². The Hall–Kier alpha value is -2.34. The summed E-state index contributed by atoms with van der Waals surface area (Å²) in [5.41, 5.74) is 0.121. The molecule has 0 radical (unpaired) electrons. The van der Waals surface area contributed by atoms with Crippen LogP contribution in [-0.4, -0.2) is 22.5 Å². The molecule has 104 valence electrons. The van der Waals surface area contributed by atoms with Gasteiger partial charge in [-0.15, -0.1) is 0 Å². The first-order chi connectivity index (χ1) is 9.58. The Kier molecular flexibility index (Phi) is 4.37. The number of aliphatic hydroxyl groups excluding tert-OH is 1. The predicted molar refractivity (Wildman–Crippen MR) is 67.9 cm³/mol. The SMILES string of the molecule is O=C(NCC(O)c1ccccc1F)c1cncc(F)c1. The molecule has 2 aromatic rings. The Labute approximate surface area is 114 Å². The summed E-state index contributed by atoms with van der Waals surface area (Å²) in [4.78, 5) is 15.2. The van der Waals surface area contributed by atoms with Gasteiger partial charge < -0.3 is 10.4 Å². The first-order valence-corrected chi connectivity index (χ1v) is 5.89. The number of aliphatic hydroxyl groups is 1. The first kappa shape index (κ1) is 14.1. The summed E-state index contributed by atoms with van der Waals surface area (Å²) in [7, 11) is 0. The van der Waals surface area contributed by atoms with E-state index in [2.05, 4.69) is 10.3 Å². The van der Waals surface area contributed by atoms with E-state index in [1.807, 2.05) is 0 Å². The molecule has 1 unspecified atom stereocenters. The van der Waals surface area contributed by atoms with Crippen LogP contribution in [0.3, 0.4) is 0 Å². The molecule has 0 saturated carbocycles. The van der Waals surface area contributed by atoms with Gasteiger partial charge in [0.05, 0.1) is 17.9 Å². The fraction of sp³-hybridized carbons (Fsp3) is 0.143. The maximum absolute atomic E-state index is 13.4. The monoisotopic (exact) mass is 278 g/mol. The number of hydrogen-bond donors (Lipinski definition) is 2. The van der Waals surface area contributed by atoms with Crippen molar-refractivity contribution in [1.82, 2.24) is 10.3 Å². The summed E-state index contributed by atoms with van der Waals surface area (Å²) in [6, 6.07) is 6.76. The lowest BCUT2D eigenvalue weighted by atomic mass is 10.1. The van der Waals surface area contributed by atoms with E-state index in [0.717, 1.165) is 12.3 Å². The molecule has 1 aromatic carbocycles. The van der Waals surface area contributed by atoms with Crippen LogP contribution in [0, 0.1) is 11.6 Å². The minimum atomic E-state index is -1.18. The second-order valence-electron chi connectivity index (χ2n) is 4.14. The number of halogens is 2. The van der Waals surface area contributed by atoms with Gasteiger partial charge in [0.15, 0.2) is 0 Å². The molecular formula is C14H12F2N2O2. The molecule has 0 bridgehead atoms. The quantitative estimate of drug-likeness (QED) is 0.896. The Morgan fingerprint density at radius 2 is 2.05 bits per heavy atom. The second kappa shape index (κ2) is 6.21. The number of nitrogens with zero attached hydrogens (tertiary/aromatic N) is 1. The maximum atomic E-state index is 13.4. The minimum absolute atomic E-state index is 0.0331. The standard InChI is InChI=1S/C14H12F2N2O2/c15-10-5-9(6-17-7-10)14(20)18-8-13(19)11-3-1-2-4-12(11)16/h1-7,13,19H,8H2,(H,18,20). The lowest BCUT2D eigenvalue weighted by molar-refractivity contribution is 0.0913. The third kappa shape index (κ3) is 3.36. The van der Waals surface area contributed by atoms with E-state index in [1.54, 1.807) is 6.07 Å². The molecule has 0 aliphatic carbocycles. The van der Waals surface area contributed by atoms with Crippen molar-refractivity contribution in [2.75, 3.05) is 6.54 Å². The fourth-order valence-electron chi connectivity index (χ4n) is 1.68. The van der Waals surface area contributed by atoms with E-state index in [0.29, 0.717) is 0 Å². The van der Waals surface area contributed by atoms with Crippen LogP contribution < -0.4 is 5.32 Å². The Balaban J connectivity index is 1.99. The molecule has 1 heterocycles. The van der Waals surface area contributed by atoms with Crippen molar-refractivity contribution in [3.05, 3.63) is 65.5 Å². The van der Waals surface area contributed by atoms with Crippen LogP contribution in [0.1, 0.15) is 22.0 Å². The van der Waals surface area contributed by atoms with Crippen molar-refractivity contribution in [3.63, 3.8) is 0 Å². The normalized spacial score (nSPS) is 11.9. The maximum Gasteiger partial charge on any atom is 0.253 e. The summed E-state index contributed by atoms with van der Waals surface area (Å²) in [6.07, 6.45) is 1.00. The molecular weight excluding hydrogens is 266 g/mol. The number of aromatic nitrogens is 1. The number of rotatable bonds is 4. The van der Waals surface area contributed by atoms with Crippen molar-refractivity contribution >= 4 is 5.91 Å². The van der Waals surface area contributed by atoms with Crippen molar-refractivity contribution in [2.45, 2.75) is 6.10 Å². The molecule has 0 spiro atoms. The number of nitrogens with one attached hydrogen (secondary N) is 1. The summed E-state index contributed by atoms with van der Waals surface area (Å²) in [5.74, 6) is -1.78. The summed E-state index contributed by atoms with van der Waals surface area (Å²) >= 11 is 0. The molecule has 1 aromatic heterocycles. The zero-order chi connectivity index (χ0) is 14.5. The van der Waals surface area contributed by atoms with Crippen molar-refractivity contribution in [3.8, 4) is 0 Å². The molecule has 0 saturated heterocycles. The summed E-state index contributed by atoms with van der Waals surface area (Å²) in [5, 5.41) is 12.2. The van der Waals surface area contributed by atoms with Crippen LogP contribution in [0.15, 0.2) is 42.7 Å². The van der Waals surface area contributed by atoms with Gasteiger partial charge in [0.1, 0.15) is 11.6 Å². The highest BCUT2D eigenvalue weighted by molar-refractivity contribution is 5.93. The molecule has 1 amide bonds. The van der Waals surface area contributed by atoms with Gasteiger partial charge in [-0.2, -0.15) is 0 Å². The molecule has 0 aliphatic heterocycles. The van der Waals surface area contributed by atoms with E-state index in [4.69, 9.17) is 0 Å². The number of amides is 1. The van der Waals surface area contributed by atoms with Crippen molar-refractivity contribution in [2.24, 2.45) is 0 Å². The number of hydrogen-bond acceptors (Lipinski definition) is 3. The van der Waals surface area contributed by atoms with Gasteiger partial charge in [-0.3, -0.25) is 9.78 Å². The number of benzene rings is 1. The van der Waals surface area contributed by atoms with Crippen LogP contribution in [0.4, 0.5) is 8.78 Å². The highest BCUT2D eigenvalue weighted by Crippen LogP contribution is 2.15. The third-order valence-electron chi connectivity index (χ3n) is 2.69. The molecule has 4 nitrogen and oxygen atoms in total. The molecule has 0 fully saturated rings. The van der Waals surface area contributed by atoms with Gasteiger partial charge in [-0.1, -0.05) is 18.2 Å². The summed E-state index contributed by atoms with van der Waals surface area (Å²) in [6.45, 7) is -0.184. The Morgan fingerprint density at radius 3 is 2.75 bits per heavy atom. The van der Waals surface area contributed by atoms with Crippen LogP contribution in [0.5, 0.6) is 0 Å². The average molecular weight is 278 g/mol. The lowest BCUT2D eigenvalue weighted by Gasteiger charge is -2.12. The van der Waals surface area contributed by atoms with Crippen molar-refractivity contribution < 1.29 is 18.7 Å². The third-order valence-corrected chi connectivity index (χ3v) is 2.69. The fourth-order valence-corrected chi connectivity index (χ4v) is 1.68. The van der Waals surface area contributed by atoms with Crippen molar-refractivity contribution in [1.29, 1.82) is 0 Å². The Morgan fingerprint density at radius 1 is 1.30 bits per heavy atom. The van der Waals surface area contributed by atoms with Gasteiger partial charge in [0.25, 0.3) is 5.91 Å². The number of carbonyl (C=O) groups excluding carboxylic acids is 1. The van der Waals surface area contributed by atoms with Crippen LogP contribution in [-0.2, 0) is 0 Å².